The van der Waals surface area contributed by atoms with Gasteiger partial charge in [-0.25, -0.2) is 0 Å². The summed E-state index contributed by atoms with van der Waals surface area (Å²) in [4.78, 5) is 11.0. The Morgan fingerprint density at radius 2 is 2.31 bits per heavy atom. The fourth-order valence-corrected chi connectivity index (χ4v) is 1.37. The van der Waals surface area contributed by atoms with Crippen molar-refractivity contribution in [1.82, 2.24) is 0 Å². The Balaban J connectivity index is 2.08. The van der Waals surface area contributed by atoms with E-state index in [9.17, 15) is 4.79 Å². The van der Waals surface area contributed by atoms with Crippen LogP contribution < -0.4 is 0 Å². The monoisotopic (exact) mass is 186 g/mol. The van der Waals surface area contributed by atoms with Crippen LogP contribution in [-0.2, 0) is 14.3 Å². The topological polar surface area (TPSA) is 38.8 Å². The summed E-state index contributed by atoms with van der Waals surface area (Å²) < 4.78 is 9.89. The van der Waals surface area contributed by atoms with Crippen LogP contribution in [0.1, 0.15) is 33.1 Å². The lowest BCUT2D eigenvalue weighted by molar-refractivity contribution is -0.145. The number of hydrogen-bond donors (Lipinski definition) is 0. The number of hydrogen-bond acceptors (Lipinski definition) is 3. The van der Waals surface area contributed by atoms with Gasteiger partial charge < -0.3 is 9.47 Å². The molecule has 3 heteroatoms. The molecule has 0 aliphatic carbocycles. The van der Waals surface area contributed by atoms with Crippen molar-refractivity contribution >= 4 is 5.97 Å². The molecule has 0 bridgehead atoms. The van der Waals surface area contributed by atoms with Crippen molar-refractivity contribution in [1.29, 1.82) is 0 Å². The quantitative estimate of drug-likeness (QED) is 0.485. The standard InChI is InChI=1S/C10H18O3/c1-8(9(11)12-3)5-4-6-10(2)7-13-10/h8H,4-7H2,1-3H3. The molecular weight excluding hydrogens is 168 g/mol. The van der Waals surface area contributed by atoms with Gasteiger partial charge in [-0.15, -0.1) is 0 Å². The molecule has 1 aliphatic heterocycles. The Kier molecular flexibility index (Phi) is 3.31. The van der Waals surface area contributed by atoms with Gasteiger partial charge in [0.15, 0.2) is 0 Å². The summed E-state index contributed by atoms with van der Waals surface area (Å²) in [6.07, 6.45) is 2.98. The molecule has 0 saturated carbocycles. The van der Waals surface area contributed by atoms with Crippen LogP contribution >= 0.6 is 0 Å². The Labute approximate surface area is 79.4 Å². The highest BCUT2D eigenvalue weighted by atomic mass is 16.6. The second kappa shape index (κ2) is 4.09. The third-order valence-electron chi connectivity index (χ3n) is 2.58. The molecule has 76 valence electrons. The molecule has 1 heterocycles. The molecule has 1 aliphatic rings. The van der Waals surface area contributed by atoms with Crippen molar-refractivity contribution in [2.75, 3.05) is 13.7 Å². The highest BCUT2D eigenvalue weighted by Gasteiger charge is 2.38. The van der Waals surface area contributed by atoms with Crippen LogP contribution in [0.4, 0.5) is 0 Å². The van der Waals surface area contributed by atoms with E-state index in [1.807, 2.05) is 6.92 Å². The minimum absolute atomic E-state index is 0.0207. The molecular formula is C10H18O3. The number of ether oxygens (including phenoxy) is 2. The molecule has 0 amide bonds. The highest BCUT2D eigenvalue weighted by Crippen LogP contribution is 2.32. The molecule has 1 rings (SSSR count). The van der Waals surface area contributed by atoms with Gasteiger partial charge in [0, 0.05) is 0 Å². The lowest BCUT2D eigenvalue weighted by Gasteiger charge is -2.09. The lowest BCUT2D eigenvalue weighted by Crippen LogP contribution is -2.13. The molecule has 0 aromatic heterocycles. The van der Waals surface area contributed by atoms with Gasteiger partial charge in [-0.2, -0.15) is 0 Å². The normalized spacial score (nSPS) is 28.2. The molecule has 1 fully saturated rings. The first-order chi connectivity index (χ1) is 6.07. The van der Waals surface area contributed by atoms with Crippen LogP contribution in [0.3, 0.4) is 0 Å². The van der Waals surface area contributed by atoms with E-state index in [4.69, 9.17) is 4.74 Å². The molecule has 0 radical (unpaired) electrons. The lowest BCUT2D eigenvalue weighted by atomic mass is 9.99. The van der Waals surface area contributed by atoms with Gasteiger partial charge in [0.25, 0.3) is 0 Å². The third kappa shape index (κ3) is 3.35. The zero-order chi connectivity index (χ0) is 9.90. The predicted molar refractivity (Wildman–Crippen MR) is 49.4 cm³/mol. The van der Waals surface area contributed by atoms with Crippen molar-refractivity contribution < 1.29 is 14.3 Å². The second-order valence-corrected chi connectivity index (χ2v) is 4.06. The number of epoxide rings is 1. The van der Waals surface area contributed by atoms with Crippen LogP contribution in [0.15, 0.2) is 0 Å². The van der Waals surface area contributed by atoms with E-state index in [2.05, 4.69) is 11.7 Å². The van der Waals surface area contributed by atoms with E-state index >= 15 is 0 Å². The second-order valence-electron chi connectivity index (χ2n) is 4.06. The van der Waals surface area contributed by atoms with E-state index in [-0.39, 0.29) is 17.5 Å². The zero-order valence-corrected chi connectivity index (χ0v) is 8.63. The number of carbonyl (C=O) groups excluding carboxylic acids is 1. The van der Waals surface area contributed by atoms with Crippen LogP contribution in [0.5, 0.6) is 0 Å². The van der Waals surface area contributed by atoms with Gasteiger partial charge >= 0.3 is 5.97 Å². The zero-order valence-electron chi connectivity index (χ0n) is 8.63. The molecule has 2 unspecified atom stereocenters. The Morgan fingerprint density at radius 3 is 2.77 bits per heavy atom. The Hall–Kier alpha value is -0.570. The molecule has 1 saturated heterocycles. The maximum absolute atomic E-state index is 11.0. The first-order valence-corrected chi connectivity index (χ1v) is 4.79. The first kappa shape index (κ1) is 10.5. The van der Waals surface area contributed by atoms with Crippen molar-refractivity contribution in [3.63, 3.8) is 0 Å². The number of carbonyl (C=O) groups is 1. The smallest absolute Gasteiger partial charge is 0.308 e. The maximum Gasteiger partial charge on any atom is 0.308 e. The Morgan fingerprint density at radius 1 is 1.69 bits per heavy atom. The molecule has 3 nitrogen and oxygen atoms in total. The van der Waals surface area contributed by atoms with Crippen molar-refractivity contribution in [3.8, 4) is 0 Å². The van der Waals surface area contributed by atoms with Gasteiger partial charge in [-0.3, -0.25) is 4.79 Å². The van der Waals surface area contributed by atoms with Gasteiger partial charge in [0.2, 0.25) is 0 Å². The third-order valence-corrected chi connectivity index (χ3v) is 2.58. The van der Waals surface area contributed by atoms with Crippen LogP contribution in [-0.4, -0.2) is 25.3 Å². The fourth-order valence-electron chi connectivity index (χ4n) is 1.37. The number of rotatable bonds is 5. The number of methoxy groups -OCH3 is 1. The minimum atomic E-state index is -0.109. The average molecular weight is 186 g/mol. The van der Waals surface area contributed by atoms with E-state index in [1.165, 1.54) is 7.11 Å². The summed E-state index contributed by atoms with van der Waals surface area (Å²) in [7, 11) is 1.43. The molecule has 0 spiro atoms. The van der Waals surface area contributed by atoms with E-state index in [0.717, 1.165) is 25.9 Å². The summed E-state index contributed by atoms with van der Waals surface area (Å²) in [5.74, 6) is -0.0887. The van der Waals surface area contributed by atoms with Crippen molar-refractivity contribution in [3.05, 3.63) is 0 Å². The van der Waals surface area contributed by atoms with Crippen LogP contribution in [0.25, 0.3) is 0 Å². The van der Waals surface area contributed by atoms with E-state index in [1.54, 1.807) is 0 Å². The summed E-state index contributed by atoms with van der Waals surface area (Å²) >= 11 is 0. The van der Waals surface area contributed by atoms with Gasteiger partial charge in [-0.1, -0.05) is 6.92 Å². The van der Waals surface area contributed by atoms with E-state index in [0.29, 0.717) is 0 Å². The van der Waals surface area contributed by atoms with Crippen LogP contribution in [0.2, 0.25) is 0 Å². The van der Waals surface area contributed by atoms with Gasteiger partial charge in [-0.05, 0) is 26.2 Å². The van der Waals surface area contributed by atoms with Crippen molar-refractivity contribution in [2.45, 2.75) is 38.7 Å². The minimum Gasteiger partial charge on any atom is -0.469 e. The molecule has 0 aromatic carbocycles. The van der Waals surface area contributed by atoms with E-state index < -0.39 is 0 Å². The largest absolute Gasteiger partial charge is 0.469 e. The highest BCUT2D eigenvalue weighted by molar-refractivity contribution is 5.71. The van der Waals surface area contributed by atoms with Gasteiger partial charge in [0.1, 0.15) is 0 Å². The van der Waals surface area contributed by atoms with Crippen LogP contribution in [0, 0.1) is 5.92 Å². The summed E-state index contributed by atoms with van der Waals surface area (Å²) in [5.41, 5.74) is 0.121. The predicted octanol–water partition coefficient (Wildman–Crippen LogP) is 1.75. The molecule has 2 atom stereocenters. The van der Waals surface area contributed by atoms with Crippen molar-refractivity contribution in [2.24, 2.45) is 5.92 Å². The molecule has 0 N–H and O–H groups in total. The SMILES string of the molecule is COC(=O)C(C)CCCC1(C)CO1. The Bertz CT molecular complexity index is 185. The average Bonchev–Trinajstić information content (AvgIpc) is 2.82. The number of esters is 1. The molecule has 13 heavy (non-hydrogen) atoms. The summed E-state index contributed by atoms with van der Waals surface area (Å²) in [6.45, 7) is 4.89. The molecule has 0 aromatic rings. The summed E-state index contributed by atoms with van der Waals surface area (Å²) in [5, 5.41) is 0. The summed E-state index contributed by atoms with van der Waals surface area (Å²) in [6, 6.07) is 0. The maximum atomic E-state index is 11.0. The first-order valence-electron chi connectivity index (χ1n) is 4.79. The fraction of sp³-hybridized carbons (Fsp3) is 0.900. The van der Waals surface area contributed by atoms with Gasteiger partial charge in [0.05, 0.1) is 25.2 Å².